The van der Waals surface area contributed by atoms with Gasteiger partial charge in [0.2, 0.25) is 0 Å². The molecule has 0 amide bonds. The lowest BCUT2D eigenvalue weighted by Gasteiger charge is -2.49. The van der Waals surface area contributed by atoms with Crippen molar-refractivity contribution in [2.24, 2.45) is 0 Å². The molecule has 21 nitrogen and oxygen atoms in total. The maximum atomic E-state index is 11.5. The van der Waals surface area contributed by atoms with Gasteiger partial charge in [-0.25, -0.2) is 0 Å². The Bertz CT molecular complexity index is 983. The molecule has 0 spiro atoms. The zero-order valence-electron chi connectivity index (χ0n) is 26.0. The fraction of sp³-hybridized carbons (Fsp3) is 1.00. The predicted molar refractivity (Wildman–Crippen MR) is 156 cm³/mol. The Kier molecular flexibility index (Phi) is 15.6. The molecule has 4 saturated heterocycles. The molecule has 0 radical (unpaired) electrons. The molecule has 4 heterocycles. The molecule has 49 heavy (non-hydrogen) atoms. The van der Waals surface area contributed by atoms with Crippen LogP contribution < -0.4 is 0 Å². The maximum Gasteiger partial charge on any atom is 0.187 e. The summed E-state index contributed by atoms with van der Waals surface area (Å²) in [4.78, 5) is 0. The fourth-order valence-corrected chi connectivity index (χ4v) is 5.94. The molecule has 0 aromatic rings. The maximum absolute atomic E-state index is 11.5. The van der Waals surface area contributed by atoms with Crippen LogP contribution in [0.1, 0.15) is 6.42 Å². The highest BCUT2D eigenvalue weighted by Gasteiger charge is 2.55. The van der Waals surface area contributed by atoms with Crippen LogP contribution in [0, 0.1) is 0 Å². The highest BCUT2D eigenvalue weighted by Crippen LogP contribution is 2.34. The van der Waals surface area contributed by atoms with E-state index in [1.807, 2.05) is 0 Å². The quantitative estimate of drug-likeness (QED) is 0.0581. The lowest BCUT2D eigenvalue weighted by atomic mass is 9.95. The van der Waals surface area contributed by atoms with Gasteiger partial charge in [0.15, 0.2) is 25.2 Å². The normalized spacial score (nSPS) is 49.6. The van der Waals surface area contributed by atoms with Gasteiger partial charge in [0.25, 0.3) is 0 Å². The van der Waals surface area contributed by atoms with Crippen molar-refractivity contribution in [2.45, 2.75) is 129 Å². The van der Waals surface area contributed by atoms with Crippen molar-refractivity contribution in [3.05, 3.63) is 0 Å². The number of hydrogen-bond acceptors (Lipinski definition) is 22. The highest BCUT2D eigenvalue weighted by atomic mass is 32.1. The Hall–Kier alpha value is -0.490. The Morgan fingerprint density at radius 1 is 0.429 bits per heavy atom. The number of ether oxygens (including phenoxy) is 8. The van der Waals surface area contributed by atoms with Gasteiger partial charge >= 0.3 is 0 Å². The number of thiol groups is 1. The summed E-state index contributed by atoms with van der Waals surface area (Å²) in [7, 11) is 0. The van der Waals surface area contributed by atoms with Crippen LogP contribution in [0.5, 0.6) is 0 Å². The van der Waals surface area contributed by atoms with Crippen LogP contribution in [-0.2, 0) is 37.9 Å². The molecular formula is C27H48O21S. The van der Waals surface area contributed by atoms with Gasteiger partial charge in [0.1, 0.15) is 97.7 Å². The zero-order valence-corrected chi connectivity index (χ0v) is 26.9. The predicted octanol–water partition coefficient (Wildman–Crippen LogP) is -8.40. The lowest BCUT2D eigenvalue weighted by Crippen LogP contribution is -2.67. The van der Waals surface area contributed by atoms with Crippen molar-refractivity contribution in [3.63, 3.8) is 0 Å². The van der Waals surface area contributed by atoms with Crippen molar-refractivity contribution in [1.29, 1.82) is 0 Å². The molecule has 0 bridgehead atoms. The molecule has 13 N–H and O–H groups in total. The van der Waals surface area contributed by atoms with E-state index in [-0.39, 0.29) is 6.61 Å². The third-order valence-corrected chi connectivity index (χ3v) is 9.07. The number of aliphatic hydroxyl groups excluding tert-OH is 13. The monoisotopic (exact) mass is 740 g/mol. The Labute approximate surface area is 285 Å². The third kappa shape index (κ3) is 9.18. The summed E-state index contributed by atoms with van der Waals surface area (Å²) in [5, 5.41) is 134. The van der Waals surface area contributed by atoms with E-state index >= 15 is 0 Å². The van der Waals surface area contributed by atoms with Crippen LogP contribution in [0.15, 0.2) is 0 Å². The van der Waals surface area contributed by atoms with Gasteiger partial charge in [-0.2, -0.15) is 12.6 Å². The number of rotatable bonds is 14. The first-order chi connectivity index (χ1) is 23.3. The van der Waals surface area contributed by atoms with Gasteiger partial charge in [-0.1, -0.05) is 0 Å². The molecule has 4 fully saturated rings. The van der Waals surface area contributed by atoms with Crippen molar-refractivity contribution in [2.75, 3.05) is 38.8 Å². The van der Waals surface area contributed by atoms with E-state index < -0.39 is 149 Å². The third-order valence-electron chi connectivity index (χ3n) is 8.75. The molecule has 20 unspecified atom stereocenters. The van der Waals surface area contributed by atoms with Gasteiger partial charge in [0.05, 0.1) is 33.0 Å². The lowest BCUT2D eigenvalue weighted by molar-refractivity contribution is -0.391. The van der Waals surface area contributed by atoms with Crippen LogP contribution in [0.25, 0.3) is 0 Å². The fourth-order valence-electron chi connectivity index (χ4n) is 5.81. The van der Waals surface area contributed by atoms with Crippen molar-refractivity contribution in [3.8, 4) is 0 Å². The summed E-state index contributed by atoms with van der Waals surface area (Å²) in [6, 6.07) is 0. The molecule has 0 aromatic carbocycles. The Morgan fingerprint density at radius 3 is 1.27 bits per heavy atom. The first-order valence-electron chi connectivity index (χ1n) is 15.7. The van der Waals surface area contributed by atoms with E-state index in [0.717, 1.165) is 0 Å². The van der Waals surface area contributed by atoms with Gasteiger partial charge in [-0.05, 0) is 12.2 Å². The van der Waals surface area contributed by atoms with E-state index in [4.69, 9.17) is 37.9 Å². The molecule has 0 saturated carbocycles. The van der Waals surface area contributed by atoms with Crippen LogP contribution in [0.4, 0.5) is 0 Å². The average Bonchev–Trinajstić information content (AvgIpc) is 3.09. The zero-order chi connectivity index (χ0) is 36.2. The first-order valence-corrected chi connectivity index (χ1v) is 16.3. The standard InChI is InChI=1S/C27H48O21S/c28-4-8-12(31)15(34)18(37)24(43-8)42-7-11-22(47-26-19(38)16(35)13(32)9(5-29)44-26)23(21(40)25(46-11)41-2-1-3-49)48-27-20(39)17(36)14(33)10(6-30)45-27/h8-40,49H,1-7H2. The first kappa shape index (κ1) is 41.3. The van der Waals surface area contributed by atoms with Gasteiger partial charge in [-0.3, -0.25) is 0 Å². The molecule has 288 valence electrons. The molecular weight excluding hydrogens is 692 g/mol. The second-order valence-electron chi connectivity index (χ2n) is 12.1. The average molecular weight is 741 g/mol. The second-order valence-corrected chi connectivity index (χ2v) is 12.6. The number of aliphatic hydroxyl groups is 13. The molecule has 4 aliphatic rings. The number of hydrogen-bond donors (Lipinski definition) is 14. The molecule has 0 aromatic heterocycles. The highest BCUT2D eigenvalue weighted by molar-refractivity contribution is 7.80. The van der Waals surface area contributed by atoms with E-state index in [9.17, 15) is 66.4 Å². The Morgan fingerprint density at radius 2 is 0.816 bits per heavy atom. The van der Waals surface area contributed by atoms with Crippen molar-refractivity contribution in [1.82, 2.24) is 0 Å². The van der Waals surface area contributed by atoms with Crippen molar-refractivity contribution < 1.29 is 104 Å². The van der Waals surface area contributed by atoms with Crippen molar-refractivity contribution >= 4 is 12.6 Å². The summed E-state index contributed by atoms with van der Waals surface area (Å²) in [6.07, 6.45) is -34.3. The minimum atomic E-state index is -1.97. The second kappa shape index (κ2) is 18.5. The van der Waals surface area contributed by atoms with E-state index in [0.29, 0.717) is 12.2 Å². The smallest absolute Gasteiger partial charge is 0.187 e. The van der Waals surface area contributed by atoms with E-state index in [1.54, 1.807) is 0 Å². The van der Waals surface area contributed by atoms with Gasteiger partial charge < -0.3 is 104 Å². The SMILES string of the molecule is OCC1OC(OCC2OC(OCCCS)C(O)C(OC3OC(CO)C(O)C(O)C3O)C2OC2OC(CO)C(O)C(O)C2O)C(O)C(O)C1O. The summed E-state index contributed by atoms with van der Waals surface area (Å²) < 4.78 is 45.4. The van der Waals surface area contributed by atoms with E-state index in [1.165, 1.54) is 0 Å². The van der Waals surface area contributed by atoms with Gasteiger partial charge in [0, 0.05) is 0 Å². The summed E-state index contributed by atoms with van der Waals surface area (Å²) >= 11 is 4.12. The van der Waals surface area contributed by atoms with Crippen LogP contribution in [-0.4, -0.2) is 228 Å². The summed E-state index contributed by atoms with van der Waals surface area (Å²) in [5.74, 6) is 0.375. The molecule has 4 rings (SSSR count). The Balaban J connectivity index is 1.67. The van der Waals surface area contributed by atoms with Gasteiger partial charge in [-0.15, -0.1) is 0 Å². The molecule has 22 heteroatoms. The molecule has 20 atom stereocenters. The van der Waals surface area contributed by atoms with Crippen LogP contribution in [0.3, 0.4) is 0 Å². The minimum absolute atomic E-state index is 0.0173. The van der Waals surface area contributed by atoms with Crippen LogP contribution >= 0.6 is 12.6 Å². The van der Waals surface area contributed by atoms with Crippen LogP contribution in [0.2, 0.25) is 0 Å². The molecule has 4 aliphatic heterocycles. The summed E-state index contributed by atoms with van der Waals surface area (Å²) in [6.45, 7) is -3.12. The minimum Gasteiger partial charge on any atom is -0.394 e. The molecule has 0 aliphatic carbocycles. The van der Waals surface area contributed by atoms with E-state index in [2.05, 4.69) is 12.6 Å². The topological polar surface area (TPSA) is 337 Å². The largest absolute Gasteiger partial charge is 0.394 e. The summed E-state index contributed by atoms with van der Waals surface area (Å²) in [5.41, 5.74) is 0.